The first-order valence-corrected chi connectivity index (χ1v) is 9.83. The predicted molar refractivity (Wildman–Crippen MR) is 108 cm³/mol. The van der Waals surface area contributed by atoms with E-state index in [0.29, 0.717) is 19.1 Å². The molecule has 0 aliphatic heterocycles. The minimum Gasteiger partial charge on any atom is -0.489 e. The van der Waals surface area contributed by atoms with Gasteiger partial charge in [-0.3, -0.25) is 4.79 Å². The molecule has 0 unspecified atom stereocenters. The molecule has 4 heteroatoms. The lowest BCUT2D eigenvalue weighted by atomic mass is 9.78. The standard InChI is InChI=1S/C23H29NO3/c1-3-27-23(15-13-18(2)14-16-23)22(25)24-20-9-11-21(12-10-20)26-17-19-7-5-4-6-8-19/h4-12,18H,3,13-17H2,1-2H3,(H,24,25). The smallest absolute Gasteiger partial charge is 0.256 e. The maximum atomic E-state index is 12.9. The SMILES string of the molecule is CCOC1(C(=O)Nc2ccc(OCc3ccccc3)cc2)CCC(C)CC1. The van der Waals surface area contributed by atoms with Gasteiger partial charge >= 0.3 is 0 Å². The van der Waals surface area contributed by atoms with Crippen molar-refractivity contribution in [2.75, 3.05) is 11.9 Å². The van der Waals surface area contributed by atoms with Gasteiger partial charge in [0.05, 0.1) is 0 Å². The fourth-order valence-electron chi connectivity index (χ4n) is 3.56. The van der Waals surface area contributed by atoms with E-state index in [4.69, 9.17) is 9.47 Å². The Labute approximate surface area is 161 Å². The number of amides is 1. The summed E-state index contributed by atoms with van der Waals surface area (Å²) in [5.41, 5.74) is 1.20. The van der Waals surface area contributed by atoms with E-state index >= 15 is 0 Å². The van der Waals surface area contributed by atoms with Crippen LogP contribution in [0.5, 0.6) is 5.75 Å². The molecule has 1 fully saturated rings. The van der Waals surface area contributed by atoms with Crippen molar-refractivity contribution in [3.05, 3.63) is 60.2 Å². The molecular weight excluding hydrogens is 338 g/mol. The molecule has 0 bridgehead atoms. The fourth-order valence-corrected chi connectivity index (χ4v) is 3.56. The van der Waals surface area contributed by atoms with Crippen LogP contribution >= 0.6 is 0 Å². The van der Waals surface area contributed by atoms with E-state index in [1.165, 1.54) is 0 Å². The number of ether oxygens (including phenoxy) is 2. The highest BCUT2D eigenvalue weighted by molar-refractivity contribution is 5.97. The summed E-state index contributed by atoms with van der Waals surface area (Å²) in [4.78, 5) is 12.9. The van der Waals surface area contributed by atoms with E-state index in [-0.39, 0.29) is 5.91 Å². The van der Waals surface area contributed by atoms with Crippen molar-refractivity contribution in [3.8, 4) is 5.75 Å². The van der Waals surface area contributed by atoms with Crippen molar-refractivity contribution >= 4 is 11.6 Å². The molecule has 1 amide bonds. The van der Waals surface area contributed by atoms with Gasteiger partial charge in [-0.05, 0) is 68.4 Å². The molecule has 4 nitrogen and oxygen atoms in total. The number of hydrogen-bond acceptors (Lipinski definition) is 3. The van der Waals surface area contributed by atoms with E-state index in [1.807, 2.05) is 61.5 Å². The van der Waals surface area contributed by atoms with Gasteiger partial charge in [0, 0.05) is 12.3 Å². The first-order valence-electron chi connectivity index (χ1n) is 9.83. The van der Waals surface area contributed by atoms with Crippen LogP contribution in [-0.2, 0) is 16.1 Å². The third kappa shape index (κ3) is 5.10. The molecule has 1 aliphatic carbocycles. The average Bonchev–Trinajstić information content (AvgIpc) is 2.70. The lowest BCUT2D eigenvalue weighted by molar-refractivity contribution is -0.146. The van der Waals surface area contributed by atoms with Crippen LogP contribution in [0.1, 0.15) is 45.1 Å². The minimum absolute atomic E-state index is 0.0331. The van der Waals surface area contributed by atoms with E-state index in [2.05, 4.69) is 12.2 Å². The van der Waals surface area contributed by atoms with Gasteiger partial charge in [-0.15, -0.1) is 0 Å². The van der Waals surface area contributed by atoms with E-state index in [9.17, 15) is 4.79 Å². The zero-order valence-electron chi connectivity index (χ0n) is 16.2. The first kappa shape index (κ1) is 19.4. The van der Waals surface area contributed by atoms with Crippen LogP contribution in [0.3, 0.4) is 0 Å². The highest BCUT2D eigenvalue weighted by atomic mass is 16.5. The number of benzene rings is 2. The van der Waals surface area contributed by atoms with Crippen LogP contribution in [0.4, 0.5) is 5.69 Å². The highest BCUT2D eigenvalue weighted by Crippen LogP contribution is 2.36. The molecule has 3 rings (SSSR count). The second kappa shape index (κ2) is 9.05. The molecule has 1 saturated carbocycles. The van der Waals surface area contributed by atoms with Crippen molar-refractivity contribution in [2.24, 2.45) is 5.92 Å². The second-order valence-corrected chi connectivity index (χ2v) is 7.36. The average molecular weight is 367 g/mol. The van der Waals surface area contributed by atoms with Gasteiger partial charge in [-0.25, -0.2) is 0 Å². The van der Waals surface area contributed by atoms with Crippen molar-refractivity contribution in [3.63, 3.8) is 0 Å². The van der Waals surface area contributed by atoms with Crippen LogP contribution in [0, 0.1) is 5.92 Å². The third-order valence-corrected chi connectivity index (χ3v) is 5.28. The Hall–Kier alpha value is -2.33. The van der Waals surface area contributed by atoms with Gasteiger partial charge in [0.1, 0.15) is 18.0 Å². The van der Waals surface area contributed by atoms with Crippen molar-refractivity contribution in [1.29, 1.82) is 0 Å². The van der Waals surface area contributed by atoms with Crippen molar-refractivity contribution in [2.45, 2.75) is 51.7 Å². The molecule has 0 spiro atoms. The Morgan fingerprint density at radius 2 is 1.74 bits per heavy atom. The topological polar surface area (TPSA) is 47.6 Å². The Kier molecular flexibility index (Phi) is 6.51. The lowest BCUT2D eigenvalue weighted by Crippen LogP contribution is -2.48. The Balaban J connectivity index is 1.59. The largest absolute Gasteiger partial charge is 0.489 e. The Morgan fingerprint density at radius 3 is 2.37 bits per heavy atom. The number of nitrogens with one attached hydrogen (secondary N) is 1. The monoisotopic (exact) mass is 367 g/mol. The molecule has 2 aromatic rings. The summed E-state index contributed by atoms with van der Waals surface area (Å²) >= 11 is 0. The maximum Gasteiger partial charge on any atom is 0.256 e. The van der Waals surface area contributed by atoms with E-state index in [1.54, 1.807) is 0 Å². The fraction of sp³-hybridized carbons (Fsp3) is 0.435. The van der Waals surface area contributed by atoms with Gasteiger partial charge in [-0.2, -0.15) is 0 Å². The summed E-state index contributed by atoms with van der Waals surface area (Å²) in [6.07, 6.45) is 3.62. The molecule has 1 aliphatic rings. The molecule has 144 valence electrons. The molecule has 0 heterocycles. The quantitative estimate of drug-likeness (QED) is 0.732. The minimum atomic E-state index is -0.691. The number of carbonyl (C=O) groups is 1. The van der Waals surface area contributed by atoms with Crippen molar-refractivity contribution in [1.82, 2.24) is 0 Å². The molecule has 2 aromatic carbocycles. The van der Waals surface area contributed by atoms with Gasteiger partial charge in [0.25, 0.3) is 5.91 Å². The van der Waals surface area contributed by atoms with Gasteiger partial charge in [0.15, 0.2) is 0 Å². The van der Waals surface area contributed by atoms with E-state index < -0.39 is 5.60 Å². The molecular formula is C23H29NO3. The number of rotatable bonds is 7. The number of anilines is 1. The Bertz CT molecular complexity index is 719. The van der Waals surface area contributed by atoms with Crippen LogP contribution in [-0.4, -0.2) is 18.1 Å². The van der Waals surface area contributed by atoms with Crippen molar-refractivity contribution < 1.29 is 14.3 Å². The first-order chi connectivity index (χ1) is 13.1. The van der Waals surface area contributed by atoms with Crippen LogP contribution < -0.4 is 10.1 Å². The highest BCUT2D eigenvalue weighted by Gasteiger charge is 2.41. The maximum absolute atomic E-state index is 12.9. The zero-order valence-corrected chi connectivity index (χ0v) is 16.2. The molecule has 0 saturated heterocycles. The van der Waals surface area contributed by atoms with E-state index in [0.717, 1.165) is 42.7 Å². The normalized spacial score (nSPS) is 22.2. The van der Waals surface area contributed by atoms with Crippen LogP contribution in [0.15, 0.2) is 54.6 Å². The summed E-state index contributed by atoms with van der Waals surface area (Å²) in [6.45, 7) is 5.26. The van der Waals surface area contributed by atoms with Crippen LogP contribution in [0.2, 0.25) is 0 Å². The molecule has 0 radical (unpaired) electrons. The molecule has 1 N–H and O–H groups in total. The molecule has 0 aromatic heterocycles. The molecule has 0 atom stereocenters. The summed E-state index contributed by atoms with van der Waals surface area (Å²) in [6, 6.07) is 17.6. The summed E-state index contributed by atoms with van der Waals surface area (Å²) in [7, 11) is 0. The van der Waals surface area contributed by atoms with Crippen LogP contribution in [0.25, 0.3) is 0 Å². The third-order valence-electron chi connectivity index (χ3n) is 5.28. The zero-order chi connectivity index (χ0) is 19.1. The summed E-state index contributed by atoms with van der Waals surface area (Å²) in [5, 5.41) is 3.03. The van der Waals surface area contributed by atoms with Gasteiger partial charge in [0.2, 0.25) is 0 Å². The lowest BCUT2D eigenvalue weighted by Gasteiger charge is -2.37. The van der Waals surface area contributed by atoms with Gasteiger partial charge in [-0.1, -0.05) is 37.3 Å². The second-order valence-electron chi connectivity index (χ2n) is 7.36. The summed E-state index contributed by atoms with van der Waals surface area (Å²) < 4.78 is 11.7. The number of carbonyl (C=O) groups excluding carboxylic acids is 1. The predicted octanol–water partition coefficient (Wildman–Crippen LogP) is 5.19. The van der Waals surface area contributed by atoms with Gasteiger partial charge < -0.3 is 14.8 Å². The summed E-state index contributed by atoms with van der Waals surface area (Å²) in [5.74, 6) is 1.41. The molecule has 27 heavy (non-hydrogen) atoms. The number of hydrogen-bond donors (Lipinski definition) is 1. The Morgan fingerprint density at radius 1 is 1.07 bits per heavy atom.